The van der Waals surface area contributed by atoms with Crippen LogP contribution < -0.4 is 4.90 Å². The predicted octanol–water partition coefficient (Wildman–Crippen LogP) is 5.93. The predicted molar refractivity (Wildman–Crippen MR) is 113 cm³/mol. The Kier molecular flexibility index (Phi) is 2.67. The second-order valence-corrected chi connectivity index (χ2v) is 8.09. The highest BCUT2D eigenvalue weighted by molar-refractivity contribution is 5.91. The summed E-state index contributed by atoms with van der Waals surface area (Å²) in [6, 6.07) is 22.7. The van der Waals surface area contributed by atoms with Crippen LogP contribution >= 0.6 is 0 Å². The van der Waals surface area contributed by atoms with E-state index in [1.54, 1.807) is 0 Å². The molecule has 2 nitrogen and oxygen atoms in total. The average molecular weight is 358 g/mol. The summed E-state index contributed by atoms with van der Waals surface area (Å²) in [6.45, 7) is 0. The normalized spacial score (nSPS) is 14.6. The highest BCUT2D eigenvalue weighted by Crippen LogP contribution is 2.52. The van der Waals surface area contributed by atoms with Crippen LogP contribution in [0.1, 0.15) is 33.4 Å². The molecule has 1 aliphatic carbocycles. The maximum absolute atomic E-state index is 4.39. The zero-order valence-electron chi connectivity index (χ0n) is 15.4. The van der Waals surface area contributed by atoms with Gasteiger partial charge in [-0.3, -0.25) is 4.98 Å². The Labute approximate surface area is 164 Å². The molecule has 0 amide bonds. The SMILES string of the molecule is c1ccc2c(c1)Cc1cc3c(cc1-2)Cc1cccc2c1N3c1ccncc1C2. The van der Waals surface area contributed by atoms with E-state index >= 15 is 0 Å². The molecule has 0 spiro atoms. The van der Waals surface area contributed by atoms with Gasteiger partial charge in [-0.15, -0.1) is 0 Å². The Morgan fingerprint density at radius 2 is 1.39 bits per heavy atom. The molecule has 0 radical (unpaired) electrons. The van der Waals surface area contributed by atoms with Crippen molar-refractivity contribution in [3.63, 3.8) is 0 Å². The van der Waals surface area contributed by atoms with Gasteiger partial charge in [0.2, 0.25) is 0 Å². The molecule has 0 fully saturated rings. The van der Waals surface area contributed by atoms with Crippen LogP contribution in [-0.4, -0.2) is 4.98 Å². The maximum atomic E-state index is 4.39. The van der Waals surface area contributed by atoms with Crippen LogP contribution in [0.15, 0.2) is 73.1 Å². The Morgan fingerprint density at radius 3 is 2.32 bits per heavy atom. The standard InChI is InChI=1S/C26H18N2/c1-2-7-22-16(4-1)10-19-14-25-20(13-23(19)22)11-17-5-3-6-18-12-21-15-27-9-8-24(21)28(25)26(17)18/h1-9,13-15H,10-12H2. The van der Waals surface area contributed by atoms with Crippen molar-refractivity contribution < 1.29 is 0 Å². The molecule has 28 heavy (non-hydrogen) atoms. The molecule has 0 atom stereocenters. The van der Waals surface area contributed by atoms with Crippen molar-refractivity contribution in [2.24, 2.45) is 0 Å². The Morgan fingerprint density at radius 1 is 0.607 bits per heavy atom. The zero-order chi connectivity index (χ0) is 18.2. The van der Waals surface area contributed by atoms with Gasteiger partial charge < -0.3 is 4.90 Å². The van der Waals surface area contributed by atoms with Gasteiger partial charge in [0.25, 0.3) is 0 Å². The van der Waals surface area contributed by atoms with Crippen molar-refractivity contribution in [3.05, 3.63) is 106 Å². The minimum Gasteiger partial charge on any atom is -0.309 e. The van der Waals surface area contributed by atoms with Gasteiger partial charge in [-0.2, -0.15) is 0 Å². The average Bonchev–Trinajstić information content (AvgIpc) is 3.09. The number of anilines is 3. The highest BCUT2D eigenvalue weighted by atomic mass is 15.2. The monoisotopic (exact) mass is 358 g/mol. The van der Waals surface area contributed by atoms with Crippen LogP contribution in [0.3, 0.4) is 0 Å². The smallest absolute Gasteiger partial charge is 0.0532 e. The summed E-state index contributed by atoms with van der Waals surface area (Å²) in [5.41, 5.74) is 15.3. The molecule has 3 heterocycles. The van der Waals surface area contributed by atoms with E-state index in [1.165, 1.54) is 61.6 Å². The third-order valence-electron chi connectivity index (χ3n) is 6.54. The van der Waals surface area contributed by atoms with Crippen LogP contribution in [0.4, 0.5) is 17.1 Å². The fourth-order valence-electron chi connectivity index (χ4n) is 5.34. The van der Waals surface area contributed by atoms with E-state index in [4.69, 9.17) is 0 Å². The lowest BCUT2D eigenvalue weighted by atomic mass is 9.86. The number of nitrogens with zero attached hydrogens (tertiary/aromatic N) is 2. The second-order valence-electron chi connectivity index (χ2n) is 8.09. The maximum Gasteiger partial charge on any atom is 0.0532 e. The molecule has 1 aromatic heterocycles. The van der Waals surface area contributed by atoms with Crippen molar-refractivity contribution in [1.29, 1.82) is 0 Å². The summed E-state index contributed by atoms with van der Waals surface area (Å²) < 4.78 is 0. The minimum atomic E-state index is 0.967. The van der Waals surface area contributed by atoms with E-state index < -0.39 is 0 Å². The molecular weight excluding hydrogens is 340 g/mol. The number of para-hydroxylation sites is 1. The molecule has 0 bridgehead atoms. The van der Waals surface area contributed by atoms with Gasteiger partial charge in [0.15, 0.2) is 0 Å². The molecular formula is C26H18N2. The van der Waals surface area contributed by atoms with Crippen molar-refractivity contribution in [3.8, 4) is 11.1 Å². The summed E-state index contributed by atoms with van der Waals surface area (Å²) in [7, 11) is 0. The van der Waals surface area contributed by atoms with Gasteiger partial charge >= 0.3 is 0 Å². The first kappa shape index (κ1) is 14.6. The highest BCUT2D eigenvalue weighted by Gasteiger charge is 2.33. The molecule has 4 aromatic rings. The molecule has 2 aliphatic heterocycles. The van der Waals surface area contributed by atoms with Crippen LogP contribution in [0.2, 0.25) is 0 Å². The number of hydrogen-bond donors (Lipinski definition) is 0. The van der Waals surface area contributed by atoms with Crippen molar-refractivity contribution in [2.75, 3.05) is 4.90 Å². The fourth-order valence-corrected chi connectivity index (χ4v) is 5.34. The summed E-state index contributed by atoms with van der Waals surface area (Å²) in [5.74, 6) is 0. The van der Waals surface area contributed by atoms with Gasteiger partial charge in [0, 0.05) is 25.2 Å². The van der Waals surface area contributed by atoms with Crippen LogP contribution in [-0.2, 0) is 19.3 Å². The van der Waals surface area contributed by atoms with Crippen molar-refractivity contribution in [2.45, 2.75) is 19.3 Å². The van der Waals surface area contributed by atoms with E-state index in [0.717, 1.165) is 19.3 Å². The quantitative estimate of drug-likeness (QED) is 0.334. The molecule has 0 N–H and O–H groups in total. The van der Waals surface area contributed by atoms with E-state index in [1.807, 2.05) is 12.4 Å². The number of fused-ring (bicyclic) bond motifs is 7. The van der Waals surface area contributed by atoms with Crippen LogP contribution in [0, 0.1) is 0 Å². The number of pyridine rings is 1. The molecule has 3 aromatic carbocycles. The van der Waals surface area contributed by atoms with E-state index in [0.29, 0.717) is 0 Å². The summed E-state index contributed by atoms with van der Waals surface area (Å²) in [5, 5.41) is 0. The fraction of sp³-hybridized carbons (Fsp3) is 0.115. The third-order valence-corrected chi connectivity index (χ3v) is 6.54. The Hall–Kier alpha value is -3.39. The molecule has 132 valence electrons. The molecule has 0 saturated heterocycles. The number of benzene rings is 3. The first-order valence-electron chi connectivity index (χ1n) is 9.95. The lowest BCUT2D eigenvalue weighted by molar-refractivity contribution is 0.998. The first-order valence-corrected chi connectivity index (χ1v) is 9.95. The van der Waals surface area contributed by atoms with E-state index in [9.17, 15) is 0 Å². The van der Waals surface area contributed by atoms with Gasteiger partial charge in [0.05, 0.1) is 17.1 Å². The van der Waals surface area contributed by atoms with Crippen molar-refractivity contribution >= 4 is 17.1 Å². The van der Waals surface area contributed by atoms with Crippen LogP contribution in [0.25, 0.3) is 11.1 Å². The second kappa shape index (κ2) is 5.11. The minimum absolute atomic E-state index is 0.967. The summed E-state index contributed by atoms with van der Waals surface area (Å²) in [4.78, 5) is 6.89. The number of aromatic nitrogens is 1. The molecule has 2 heteroatoms. The van der Waals surface area contributed by atoms with Gasteiger partial charge in [-0.05, 0) is 69.1 Å². The molecule has 7 rings (SSSR count). The van der Waals surface area contributed by atoms with Gasteiger partial charge in [-0.25, -0.2) is 0 Å². The van der Waals surface area contributed by atoms with Gasteiger partial charge in [-0.1, -0.05) is 42.5 Å². The topological polar surface area (TPSA) is 16.1 Å². The first-order chi connectivity index (χ1) is 13.9. The molecule has 0 saturated carbocycles. The van der Waals surface area contributed by atoms with E-state index in [-0.39, 0.29) is 0 Å². The molecule has 3 aliphatic rings. The Bertz CT molecular complexity index is 1300. The van der Waals surface area contributed by atoms with Crippen molar-refractivity contribution in [1.82, 2.24) is 4.98 Å². The number of rotatable bonds is 0. The van der Waals surface area contributed by atoms with Gasteiger partial charge in [0.1, 0.15) is 0 Å². The largest absolute Gasteiger partial charge is 0.309 e. The number of hydrogen-bond acceptors (Lipinski definition) is 2. The third kappa shape index (κ3) is 1.80. The summed E-state index contributed by atoms with van der Waals surface area (Å²) in [6.07, 6.45) is 6.95. The summed E-state index contributed by atoms with van der Waals surface area (Å²) >= 11 is 0. The molecule has 0 unspecified atom stereocenters. The lowest BCUT2D eigenvalue weighted by Crippen LogP contribution is -2.24. The Balaban J connectivity index is 1.51. The zero-order valence-corrected chi connectivity index (χ0v) is 15.4. The lowest BCUT2D eigenvalue weighted by Gasteiger charge is -2.39. The van der Waals surface area contributed by atoms with E-state index in [2.05, 4.69) is 70.5 Å². The van der Waals surface area contributed by atoms with Crippen LogP contribution in [0.5, 0.6) is 0 Å².